The molecule has 1 heterocycles. The summed E-state index contributed by atoms with van der Waals surface area (Å²) in [5.41, 5.74) is 13.4. The van der Waals surface area contributed by atoms with Crippen LogP contribution in [0.4, 0.5) is 11.5 Å². The standard InChI is InChI=1S/C16H20N4O2S/c1-16(2,23(21,22)12-7-8-12)13-9-14(18)20-15(19-13)10-3-5-11(17)6-4-10/h3-6,9,12H,7-8,17H2,1-2H3,(H2,18,19,20). The summed E-state index contributed by atoms with van der Waals surface area (Å²) in [4.78, 5) is 8.69. The Hall–Kier alpha value is -2.15. The van der Waals surface area contributed by atoms with Crippen molar-refractivity contribution in [1.82, 2.24) is 9.97 Å². The summed E-state index contributed by atoms with van der Waals surface area (Å²) in [5, 5.41) is -0.270. The maximum Gasteiger partial charge on any atom is 0.164 e. The molecule has 7 heteroatoms. The molecule has 6 nitrogen and oxygen atoms in total. The van der Waals surface area contributed by atoms with E-state index in [1.54, 1.807) is 44.2 Å². The zero-order valence-electron chi connectivity index (χ0n) is 13.2. The Morgan fingerprint density at radius 2 is 1.70 bits per heavy atom. The van der Waals surface area contributed by atoms with Gasteiger partial charge in [0.2, 0.25) is 0 Å². The molecule has 3 rings (SSSR count). The van der Waals surface area contributed by atoms with Crippen LogP contribution in [0.25, 0.3) is 11.4 Å². The molecule has 2 aromatic rings. The maximum absolute atomic E-state index is 12.7. The minimum atomic E-state index is -3.31. The number of nitrogens with zero attached hydrogens (tertiary/aromatic N) is 2. The van der Waals surface area contributed by atoms with Gasteiger partial charge in [0.25, 0.3) is 0 Å². The molecular weight excluding hydrogens is 312 g/mol. The van der Waals surface area contributed by atoms with Crippen molar-refractivity contribution in [3.63, 3.8) is 0 Å². The van der Waals surface area contributed by atoms with Crippen LogP contribution in [-0.4, -0.2) is 23.6 Å². The van der Waals surface area contributed by atoms with Crippen LogP contribution in [0.3, 0.4) is 0 Å². The van der Waals surface area contributed by atoms with Gasteiger partial charge in [-0.1, -0.05) is 0 Å². The largest absolute Gasteiger partial charge is 0.399 e. The zero-order valence-corrected chi connectivity index (χ0v) is 14.0. The van der Waals surface area contributed by atoms with Crippen molar-refractivity contribution in [3.05, 3.63) is 36.0 Å². The molecular formula is C16H20N4O2S. The molecule has 1 aliphatic carbocycles. The Morgan fingerprint density at radius 3 is 2.26 bits per heavy atom. The van der Waals surface area contributed by atoms with Gasteiger partial charge < -0.3 is 11.5 Å². The average molecular weight is 332 g/mol. The predicted molar refractivity (Wildman–Crippen MR) is 91.3 cm³/mol. The predicted octanol–water partition coefficient (Wildman–Crippen LogP) is 2.12. The second-order valence-corrected chi connectivity index (χ2v) is 9.16. The molecule has 0 radical (unpaired) electrons. The molecule has 0 atom stereocenters. The summed E-state index contributed by atoms with van der Waals surface area (Å²) in [5.74, 6) is 0.653. The average Bonchev–Trinajstić information content (AvgIpc) is 3.32. The number of aromatic nitrogens is 2. The van der Waals surface area contributed by atoms with E-state index in [1.165, 1.54) is 0 Å². The SMILES string of the molecule is CC(C)(c1cc(N)nc(-c2ccc(N)cc2)n1)S(=O)(=O)C1CC1. The highest BCUT2D eigenvalue weighted by Gasteiger charge is 2.48. The highest BCUT2D eigenvalue weighted by atomic mass is 32.2. The molecule has 122 valence electrons. The monoisotopic (exact) mass is 332 g/mol. The summed E-state index contributed by atoms with van der Waals surface area (Å²) in [6.45, 7) is 3.35. The van der Waals surface area contributed by atoms with Crippen LogP contribution in [0.5, 0.6) is 0 Å². The van der Waals surface area contributed by atoms with Crippen molar-refractivity contribution in [2.24, 2.45) is 0 Å². The summed E-state index contributed by atoms with van der Waals surface area (Å²) in [7, 11) is -3.31. The van der Waals surface area contributed by atoms with Gasteiger partial charge in [0.1, 0.15) is 10.6 Å². The van der Waals surface area contributed by atoms with Crippen LogP contribution in [0, 0.1) is 0 Å². The van der Waals surface area contributed by atoms with Gasteiger partial charge in [-0.2, -0.15) is 0 Å². The van der Waals surface area contributed by atoms with Crippen molar-refractivity contribution in [1.29, 1.82) is 0 Å². The first kappa shape index (κ1) is 15.7. The lowest BCUT2D eigenvalue weighted by molar-refractivity contribution is 0.548. The molecule has 0 unspecified atom stereocenters. The van der Waals surface area contributed by atoms with E-state index in [2.05, 4.69) is 9.97 Å². The minimum absolute atomic E-state index is 0.251. The number of nitrogen functional groups attached to an aromatic ring is 2. The summed E-state index contributed by atoms with van der Waals surface area (Å²) in [6, 6.07) is 8.61. The lowest BCUT2D eigenvalue weighted by Crippen LogP contribution is -2.33. The Balaban J connectivity index is 2.09. The van der Waals surface area contributed by atoms with Crippen molar-refractivity contribution in [3.8, 4) is 11.4 Å². The zero-order chi connectivity index (χ0) is 16.8. The van der Waals surface area contributed by atoms with Gasteiger partial charge in [0, 0.05) is 17.3 Å². The maximum atomic E-state index is 12.7. The number of anilines is 2. The summed E-state index contributed by atoms with van der Waals surface area (Å²) in [6.07, 6.45) is 1.44. The first-order chi connectivity index (χ1) is 10.7. The second-order valence-electron chi connectivity index (χ2n) is 6.38. The van der Waals surface area contributed by atoms with Crippen LogP contribution in [0.15, 0.2) is 30.3 Å². The van der Waals surface area contributed by atoms with Crippen molar-refractivity contribution >= 4 is 21.3 Å². The Bertz CT molecular complexity index is 841. The van der Waals surface area contributed by atoms with E-state index in [1.807, 2.05) is 0 Å². The van der Waals surface area contributed by atoms with Crippen LogP contribution >= 0.6 is 0 Å². The molecule has 0 spiro atoms. The van der Waals surface area contributed by atoms with E-state index in [0.29, 0.717) is 17.2 Å². The molecule has 1 aromatic carbocycles. The van der Waals surface area contributed by atoms with E-state index < -0.39 is 14.6 Å². The van der Waals surface area contributed by atoms with E-state index in [0.717, 1.165) is 18.4 Å². The Kier molecular flexibility index (Phi) is 3.55. The number of rotatable bonds is 4. The fourth-order valence-electron chi connectivity index (χ4n) is 2.48. The number of hydrogen-bond acceptors (Lipinski definition) is 6. The van der Waals surface area contributed by atoms with Crippen molar-refractivity contribution in [2.75, 3.05) is 11.5 Å². The number of hydrogen-bond donors (Lipinski definition) is 2. The second kappa shape index (κ2) is 5.19. The van der Waals surface area contributed by atoms with Gasteiger partial charge in [-0.05, 0) is 51.0 Å². The van der Waals surface area contributed by atoms with Crippen molar-refractivity contribution in [2.45, 2.75) is 36.7 Å². The van der Waals surface area contributed by atoms with E-state index in [4.69, 9.17) is 11.5 Å². The molecule has 0 bridgehead atoms. The molecule has 0 saturated heterocycles. The van der Waals surface area contributed by atoms with E-state index >= 15 is 0 Å². The third-order valence-electron chi connectivity index (χ3n) is 4.21. The number of sulfone groups is 1. The Morgan fingerprint density at radius 1 is 1.09 bits per heavy atom. The summed E-state index contributed by atoms with van der Waals surface area (Å²) >= 11 is 0. The van der Waals surface area contributed by atoms with Crippen LogP contribution < -0.4 is 11.5 Å². The van der Waals surface area contributed by atoms with Gasteiger partial charge in [0.15, 0.2) is 15.7 Å². The smallest absolute Gasteiger partial charge is 0.164 e. The number of benzene rings is 1. The van der Waals surface area contributed by atoms with Crippen LogP contribution in [0.2, 0.25) is 0 Å². The van der Waals surface area contributed by atoms with E-state index in [9.17, 15) is 8.42 Å². The first-order valence-corrected chi connectivity index (χ1v) is 9.01. The van der Waals surface area contributed by atoms with E-state index in [-0.39, 0.29) is 11.1 Å². The molecule has 1 fully saturated rings. The minimum Gasteiger partial charge on any atom is -0.399 e. The third kappa shape index (κ3) is 2.76. The lowest BCUT2D eigenvalue weighted by atomic mass is 10.1. The lowest BCUT2D eigenvalue weighted by Gasteiger charge is -2.25. The van der Waals surface area contributed by atoms with Gasteiger partial charge in [0.05, 0.1) is 10.9 Å². The molecule has 23 heavy (non-hydrogen) atoms. The molecule has 1 saturated carbocycles. The van der Waals surface area contributed by atoms with Gasteiger partial charge in [-0.3, -0.25) is 0 Å². The topological polar surface area (TPSA) is 112 Å². The molecule has 1 aromatic heterocycles. The van der Waals surface area contributed by atoms with Gasteiger partial charge in [-0.15, -0.1) is 0 Å². The molecule has 0 amide bonds. The van der Waals surface area contributed by atoms with Gasteiger partial charge in [-0.25, -0.2) is 18.4 Å². The van der Waals surface area contributed by atoms with Crippen LogP contribution in [0.1, 0.15) is 32.4 Å². The van der Waals surface area contributed by atoms with Crippen molar-refractivity contribution < 1.29 is 8.42 Å². The molecule has 4 N–H and O–H groups in total. The first-order valence-electron chi connectivity index (χ1n) is 7.46. The normalized spacial score (nSPS) is 15.6. The fourth-order valence-corrected chi connectivity index (χ4v) is 4.46. The highest BCUT2D eigenvalue weighted by molar-refractivity contribution is 7.93. The van der Waals surface area contributed by atoms with Crippen LogP contribution in [-0.2, 0) is 14.6 Å². The Labute approximate surface area is 135 Å². The molecule has 1 aliphatic rings. The third-order valence-corrected chi connectivity index (χ3v) is 7.19. The van der Waals surface area contributed by atoms with Gasteiger partial charge >= 0.3 is 0 Å². The quantitative estimate of drug-likeness (QED) is 0.829. The number of nitrogens with two attached hydrogens (primary N) is 2. The summed E-state index contributed by atoms with van der Waals surface area (Å²) < 4.78 is 24.3. The fraction of sp³-hybridized carbons (Fsp3) is 0.375. The molecule has 0 aliphatic heterocycles. The highest BCUT2D eigenvalue weighted by Crippen LogP contribution is 2.41.